The molecule has 22 heavy (non-hydrogen) atoms. The van der Waals surface area contributed by atoms with Crippen LogP contribution in [0.25, 0.3) is 0 Å². The predicted octanol–water partition coefficient (Wildman–Crippen LogP) is -0.169. The summed E-state index contributed by atoms with van der Waals surface area (Å²) in [6, 6.07) is 6.91. The van der Waals surface area contributed by atoms with Gasteiger partial charge >= 0.3 is 5.97 Å². The van der Waals surface area contributed by atoms with Crippen molar-refractivity contribution in [2.45, 2.75) is 25.6 Å². The minimum Gasteiger partial charge on any atom is -0.482 e. The van der Waals surface area contributed by atoms with Crippen LogP contribution < -0.4 is 10.1 Å². The summed E-state index contributed by atoms with van der Waals surface area (Å²) in [7, 11) is 0. The van der Waals surface area contributed by atoms with Crippen LogP contribution in [0, 0.1) is 0 Å². The summed E-state index contributed by atoms with van der Waals surface area (Å²) in [5, 5.41) is 21.2. The average Bonchev–Trinajstić information content (AvgIpc) is 2.77. The molecule has 0 radical (unpaired) electrons. The lowest BCUT2D eigenvalue weighted by Crippen LogP contribution is -2.41. The summed E-state index contributed by atoms with van der Waals surface area (Å²) in [6.07, 6.45) is -0.568. The first-order valence-electron chi connectivity index (χ1n) is 7.05. The van der Waals surface area contributed by atoms with Crippen LogP contribution in [0.4, 0.5) is 0 Å². The summed E-state index contributed by atoms with van der Waals surface area (Å²) in [5.74, 6) is -0.659. The molecule has 0 aromatic heterocycles. The van der Waals surface area contributed by atoms with Gasteiger partial charge in [0.25, 0.3) is 0 Å². The molecule has 1 aliphatic heterocycles. The van der Waals surface area contributed by atoms with Gasteiger partial charge in [0.1, 0.15) is 5.75 Å². The number of nitrogens with one attached hydrogen (secondary N) is 1. The predicted molar refractivity (Wildman–Crippen MR) is 78.5 cm³/mol. The molecule has 0 spiro atoms. The van der Waals surface area contributed by atoms with Gasteiger partial charge in [-0.2, -0.15) is 0 Å². The third-order valence-electron chi connectivity index (χ3n) is 3.45. The lowest BCUT2D eigenvalue weighted by atomic mass is 10.2. The molecule has 7 heteroatoms. The molecular formula is C15H20N2O5. The highest BCUT2D eigenvalue weighted by atomic mass is 16.5. The van der Waals surface area contributed by atoms with E-state index in [1.165, 1.54) is 6.92 Å². The molecule has 3 N–H and O–H groups in total. The maximum Gasteiger partial charge on any atom is 0.341 e. The van der Waals surface area contributed by atoms with E-state index in [2.05, 4.69) is 10.2 Å². The summed E-state index contributed by atoms with van der Waals surface area (Å²) < 4.78 is 5.07. The van der Waals surface area contributed by atoms with Crippen molar-refractivity contribution in [3.05, 3.63) is 29.8 Å². The van der Waals surface area contributed by atoms with Gasteiger partial charge in [-0.3, -0.25) is 9.69 Å². The van der Waals surface area contributed by atoms with Crippen molar-refractivity contribution in [3.63, 3.8) is 0 Å². The largest absolute Gasteiger partial charge is 0.482 e. The number of carbonyl (C=O) groups is 2. The number of likely N-dealkylation sites (tertiary alicyclic amines) is 1. The molecule has 120 valence electrons. The second-order valence-electron chi connectivity index (χ2n) is 5.39. The Bertz CT molecular complexity index is 531. The van der Waals surface area contributed by atoms with Crippen LogP contribution in [0.1, 0.15) is 12.5 Å². The normalized spacial score (nSPS) is 21.5. The standard InChI is InChI=1S/C15H20N2O5/c1-10(18)16-13-7-17(8-14(13)19)6-11-2-4-12(5-3-11)22-9-15(20)21/h2-5,13-14,19H,6-9H2,1H3,(H,16,18)(H,20,21)/t13-,14-/m1/s1. The number of aliphatic hydroxyl groups excluding tert-OH is 1. The fourth-order valence-electron chi connectivity index (χ4n) is 2.49. The van der Waals surface area contributed by atoms with Crippen molar-refractivity contribution in [1.82, 2.24) is 10.2 Å². The third kappa shape index (κ3) is 4.71. The van der Waals surface area contributed by atoms with Crippen LogP contribution in [0.2, 0.25) is 0 Å². The summed E-state index contributed by atoms with van der Waals surface area (Å²) in [6.45, 7) is 2.81. The Balaban J connectivity index is 1.86. The second kappa shape index (κ2) is 7.24. The Kier molecular flexibility index (Phi) is 5.35. The molecule has 1 aromatic rings. The third-order valence-corrected chi connectivity index (χ3v) is 3.45. The Morgan fingerprint density at radius 1 is 1.32 bits per heavy atom. The Hall–Kier alpha value is -2.12. The van der Waals surface area contributed by atoms with E-state index in [0.29, 0.717) is 25.4 Å². The lowest BCUT2D eigenvalue weighted by molar-refractivity contribution is -0.139. The summed E-state index contributed by atoms with van der Waals surface area (Å²) in [4.78, 5) is 23.5. The highest BCUT2D eigenvalue weighted by molar-refractivity contribution is 5.73. The van der Waals surface area contributed by atoms with Crippen LogP contribution in [-0.2, 0) is 16.1 Å². The van der Waals surface area contributed by atoms with Crippen LogP contribution in [0.5, 0.6) is 5.75 Å². The molecule has 2 atom stereocenters. The van der Waals surface area contributed by atoms with Gasteiger partial charge in [-0.1, -0.05) is 12.1 Å². The fourth-order valence-corrected chi connectivity index (χ4v) is 2.49. The highest BCUT2D eigenvalue weighted by Crippen LogP contribution is 2.17. The topological polar surface area (TPSA) is 99.1 Å². The van der Waals surface area contributed by atoms with Crippen molar-refractivity contribution < 1.29 is 24.5 Å². The number of β-amino-alcohol motifs (C(OH)–C–C–N with tert-alkyl or cyclic N) is 1. The minimum atomic E-state index is -1.01. The van der Waals surface area contributed by atoms with E-state index in [4.69, 9.17) is 9.84 Å². The van der Waals surface area contributed by atoms with Gasteiger partial charge in [0, 0.05) is 26.6 Å². The SMILES string of the molecule is CC(=O)N[C@@H]1CN(Cc2ccc(OCC(=O)O)cc2)C[C@H]1O. The molecule has 2 rings (SSSR count). The van der Waals surface area contributed by atoms with E-state index in [0.717, 1.165) is 5.56 Å². The first-order valence-corrected chi connectivity index (χ1v) is 7.05. The number of carboxylic acids is 1. The number of hydrogen-bond donors (Lipinski definition) is 3. The van der Waals surface area contributed by atoms with E-state index < -0.39 is 12.1 Å². The van der Waals surface area contributed by atoms with Crippen molar-refractivity contribution >= 4 is 11.9 Å². The first-order chi connectivity index (χ1) is 10.4. The van der Waals surface area contributed by atoms with Gasteiger partial charge in [-0.15, -0.1) is 0 Å². The highest BCUT2D eigenvalue weighted by Gasteiger charge is 2.31. The number of rotatable bonds is 6. The van der Waals surface area contributed by atoms with E-state index in [-0.39, 0.29) is 18.6 Å². The molecule has 1 aliphatic rings. The van der Waals surface area contributed by atoms with Crippen LogP contribution in [0.3, 0.4) is 0 Å². The number of hydrogen-bond acceptors (Lipinski definition) is 5. The van der Waals surface area contributed by atoms with Gasteiger partial charge in [0.05, 0.1) is 12.1 Å². The van der Waals surface area contributed by atoms with Gasteiger partial charge < -0.3 is 20.3 Å². The number of nitrogens with zero attached hydrogens (tertiary/aromatic N) is 1. The van der Waals surface area contributed by atoms with Crippen LogP contribution in [-0.4, -0.2) is 58.8 Å². The molecule has 1 amide bonds. The van der Waals surface area contributed by atoms with E-state index >= 15 is 0 Å². The molecule has 1 aromatic carbocycles. The number of aliphatic hydroxyl groups is 1. The molecule has 0 aliphatic carbocycles. The number of carboxylic acid groups (broad SMARTS) is 1. The molecule has 1 heterocycles. The molecule has 0 saturated carbocycles. The Labute approximate surface area is 128 Å². The Morgan fingerprint density at radius 2 is 2.00 bits per heavy atom. The summed E-state index contributed by atoms with van der Waals surface area (Å²) >= 11 is 0. The zero-order valence-electron chi connectivity index (χ0n) is 12.4. The maximum absolute atomic E-state index is 11.1. The van der Waals surface area contributed by atoms with Crippen molar-refractivity contribution in [2.24, 2.45) is 0 Å². The molecule has 0 unspecified atom stereocenters. The number of aliphatic carboxylic acids is 1. The van der Waals surface area contributed by atoms with E-state index in [1.807, 2.05) is 12.1 Å². The minimum absolute atomic E-state index is 0.147. The average molecular weight is 308 g/mol. The van der Waals surface area contributed by atoms with Gasteiger partial charge in [-0.25, -0.2) is 4.79 Å². The van der Waals surface area contributed by atoms with E-state index in [9.17, 15) is 14.7 Å². The Morgan fingerprint density at radius 3 is 2.59 bits per heavy atom. The number of ether oxygens (including phenoxy) is 1. The lowest BCUT2D eigenvalue weighted by Gasteiger charge is -2.16. The van der Waals surface area contributed by atoms with Gasteiger partial charge in [-0.05, 0) is 17.7 Å². The van der Waals surface area contributed by atoms with Crippen molar-refractivity contribution in [2.75, 3.05) is 19.7 Å². The fraction of sp³-hybridized carbons (Fsp3) is 0.467. The van der Waals surface area contributed by atoms with Gasteiger partial charge in [0.15, 0.2) is 6.61 Å². The quantitative estimate of drug-likeness (QED) is 0.675. The maximum atomic E-state index is 11.1. The van der Waals surface area contributed by atoms with Crippen LogP contribution >= 0.6 is 0 Å². The smallest absolute Gasteiger partial charge is 0.341 e. The van der Waals surface area contributed by atoms with Crippen LogP contribution in [0.15, 0.2) is 24.3 Å². The second-order valence-corrected chi connectivity index (χ2v) is 5.39. The zero-order valence-corrected chi connectivity index (χ0v) is 12.4. The number of benzene rings is 1. The molecule has 1 saturated heterocycles. The molecule has 0 bridgehead atoms. The molecular weight excluding hydrogens is 288 g/mol. The number of amides is 1. The van der Waals surface area contributed by atoms with Gasteiger partial charge in [0.2, 0.25) is 5.91 Å². The van der Waals surface area contributed by atoms with Crippen molar-refractivity contribution in [1.29, 1.82) is 0 Å². The molecule has 7 nitrogen and oxygen atoms in total. The van der Waals surface area contributed by atoms with E-state index in [1.54, 1.807) is 12.1 Å². The summed E-state index contributed by atoms with van der Waals surface area (Å²) in [5.41, 5.74) is 1.03. The zero-order chi connectivity index (χ0) is 16.1. The number of carbonyl (C=O) groups excluding carboxylic acids is 1. The first kappa shape index (κ1) is 16.3. The monoisotopic (exact) mass is 308 g/mol. The van der Waals surface area contributed by atoms with Crippen molar-refractivity contribution in [3.8, 4) is 5.75 Å². The molecule has 1 fully saturated rings.